The lowest BCUT2D eigenvalue weighted by molar-refractivity contribution is -0.136. The summed E-state index contributed by atoms with van der Waals surface area (Å²) in [7, 11) is 1.71. The SMILES string of the molecule is CNCc1ccc(N2C[C@](C)(c3cccc(Cl)c3F)c3nc(NC4CN(C(=O)[C@@H]5C[C@@H]5F)C4)ncc3C2=O)cc1F. The van der Waals surface area contributed by atoms with Crippen molar-refractivity contribution in [3.8, 4) is 0 Å². The van der Waals surface area contributed by atoms with Crippen LogP contribution in [0.4, 0.5) is 24.8 Å². The summed E-state index contributed by atoms with van der Waals surface area (Å²) in [5, 5.41) is 6.00. The lowest BCUT2D eigenvalue weighted by atomic mass is 9.74. The van der Waals surface area contributed by atoms with E-state index in [1.807, 2.05) is 0 Å². The van der Waals surface area contributed by atoms with Crippen molar-refractivity contribution < 1.29 is 22.8 Å². The van der Waals surface area contributed by atoms with Gasteiger partial charge in [-0.25, -0.2) is 23.1 Å². The van der Waals surface area contributed by atoms with Crippen molar-refractivity contribution in [2.75, 3.05) is 36.9 Å². The molecule has 1 aliphatic carbocycles. The maximum Gasteiger partial charge on any atom is 0.261 e. The molecule has 3 heterocycles. The average Bonchev–Trinajstić information content (AvgIpc) is 3.67. The highest BCUT2D eigenvalue weighted by Crippen LogP contribution is 2.42. The molecule has 1 saturated carbocycles. The second-order valence-corrected chi connectivity index (χ2v) is 11.4. The van der Waals surface area contributed by atoms with Gasteiger partial charge in [0.05, 0.1) is 33.7 Å². The molecule has 2 fully saturated rings. The third kappa shape index (κ3) is 4.80. The van der Waals surface area contributed by atoms with Crippen LogP contribution >= 0.6 is 11.6 Å². The van der Waals surface area contributed by atoms with Crippen LogP contribution in [-0.2, 0) is 16.8 Å². The van der Waals surface area contributed by atoms with Gasteiger partial charge in [0.1, 0.15) is 17.8 Å². The number of rotatable bonds is 7. The van der Waals surface area contributed by atoms with E-state index in [0.717, 1.165) is 0 Å². The zero-order chi connectivity index (χ0) is 29.1. The molecule has 3 atom stereocenters. The first-order chi connectivity index (χ1) is 19.6. The standard InChI is InChI=1S/C29H28ClF3N6O2/c1-29(20-4-3-5-21(30)24(20)33)14-39(17-7-6-15(10-34-2)22(31)8-17)27(41)19-11-35-28(37-25(19)29)36-16-12-38(13-16)26(40)18-9-23(18)32/h3-8,11,16,18,23,34H,9-10,12-14H2,1-2H3,(H,35,36,37)/t18-,23+,29-/m1/s1. The molecule has 3 aliphatic rings. The van der Waals surface area contributed by atoms with Crippen LogP contribution in [0.1, 0.15) is 40.5 Å². The van der Waals surface area contributed by atoms with E-state index in [-0.39, 0.29) is 47.0 Å². The van der Waals surface area contributed by atoms with Crippen molar-refractivity contribution >= 4 is 35.1 Å². The topological polar surface area (TPSA) is 90.5 Å². The molecule has 0 bridgehead atoms. The van der Waals surface area contributed by atoms with Crippen molar-refractivity contribution in [2.24, 2.45) is 5.92 Å². The quantitative estimate of drug-likeness (QED) is 0.435. The second-order valence-electron chi connectivity index (χ2n) is 11.0. The Kier molecular flexibility index (Phi) is 6.89. The number of hydrogen-bond acceptors (Lipinski definition) is 6. The van der Waals surface area contributed by atoms with Gasteiger partial charge in [-0.3, -0.25) is 9.59 Å². The fourth-order valence-corrected chi connectivity index (χ4v) is 5.79. The first-order valence-electron chi connectivity index (χ1n) is 13.4. The largest absolute Gasteiger partial charge is 0.348 e. The number of nitrogens with one attached hydrogen (secondary N) is 2. The monoisotopic (exact) mass is 584 g/mol. The Balaban J connectivity index is 1.34. The Morgan fingerprint density at radius 3 is 2.66 bits per heavy atom. The summed E-state index contributed by atoms with van der Waals surface area (Å²) in [5.41, 5.74) is 0.264. The molecule has 2 aliphatic heterocycles. The highest BCUT2D eigenvalue weighted by molar-refractivity contribution is 6.30. The molecule has 12 heteroatoms. The summed E-state index contributed by atoms with van der Waals surface area (Å²) < 4.78 is 43.7. The Labute approximate surface area is 239 Å². The third-order valence-corrected chi connectivity index (χ3v) is 8.37. The fraction of sp³-hybridized carbons (Fsp3) is 0.379. The zero-order valence-electron chi connectivity index (χ0n) is 22.4. The molecule has 8 nitrogen and oxygen atoms in total. The van der Waals surface area contributed by atoms with Gasteiger partial charge in [-0.1, -0.05) is 29.8 Å². The van der Waals surface area contributed by atoms with Crippen LogP contribution < -0.4 is 15.5 Å². The summed E-state index contributed by atoms with van der Waals surface area (Å²) in [6, 6.07) is 9.05. The van der Waals surface area contributed by atoms with E-state index in [4.69, 9.17) is 11.6 Å². The zero-order valence-corrected chi connectivity index (χ0v) is 23.2. The van der Waals surface area contributed by atoms with Gasteiger partial charge in [-0.15, -0.1) is 0 Å². The molecule has 0 spiro atoms. The van der Waals surface area contributed by atoms with Crippen molar-refractivity contribution in [3.63, 3.8) is 0 Å². The molecular formula is C29H28ClF3N6O2. The molecule has 3 aromatic rings. The smallest absolute Gasteiger partial charge is 0.261 e. The van der Waals surface area contributed by atoms with Gasteiger partial charge in [-0.05, 0) is 38.6 Å². The molecule has 0 radical (unpaired) electrons. The van der Waals surface area contributed by atoms with Crippen LogP contribution in [0, 0.1) is 17.6 Å². The maximum atomic E-state index is 15.5. The number of nitrogens with zero attached hydrogens (tertiary/aromatic N) is 4. The van der Waals surface area contributed by atoms with Gasteiger partial charge >= 0.3 is 0 Å². The van der Waals surface area contributed by atoms with Gasteiger partial charge in [0, 0.05) is 49.2 Å². The average molecular weight is 585 g/mol. The molecule has 2 aromatic carbocycles. The van der Waals surface area contributed by atoms with Crippen molar-refractivity contribution in [1.29, 1.82) is 0 Å². The number of carbonyl (C=O) groups excluding carboxylic acids is 2. The van der Waals surface area contributed by atoms with E-state index in [9.17, 15) is 18.4 Å². The highest BCUT2D eigenvalue weighted by Gasteiger charge is 2.48. The number of hydrogen-bond donors (Lipinski definition) is 2. The van der Waals surface area contributed by atoms with E-state index >= 15 is 4.39 Å². The molecule has 1 saturated heterocycles. The number of benzene rings is 2. The minimum atomic E-state index is -1.18. The van der Waals surface area contributed by atoms with Gasteiger partial charge in [0.25, 0.3) is 5.91 Å². The first-order valence-corrected chi connectivity index (χ1v) is 13.7. The van der Waals surface area contributed by atoms with E-state index in [1.54, 1.807) is 43.1 Å². The molecule has 2 N–H and O–H groups in total. The minimum absolute atomic E-state index is 0.0329. The molecule has 1 aromatic heterocycles. The number of fused-ring (bicyclic) bond motifs is 1. The molecule has 0 unspecified atom stereocenters. The van der Waals surface area contributed by atoms with Crippen molar-refractivity contribution in [3.05, 3.63) is 81.6 Å². The number of likely N-dealkylation sites (tertiary alicyclic amines) is 1. The number of anilines is 2. The van der Waals surface area contributed by atoms with Gasteiger partial charge in [0.15, 0.2) is 0 Å². The Morgan fingerprint density at radius 2 is 1.98 bits per heavy atom. The Morgan fingerprint density at radius 1 is 1.22 bits per heavy atom. The number of alkyl halides is 1. The summed E-state index contributed by atoms with van der Waals surface area (Å²) in [5.74, 6) is -2.07. The normalized spacial score (nSPS) is 23.7. The van der Waals surface area contributed by atoms with E-state index in [1.165, 1.54) is 23.2 Å². The predicted octanol–water partition coefficient (Wildman–Crippen LogP) is 4.07. The lowest BCUT2D eigenvalue weighted by Gasteiger charge is -2.42. The number of halogens is 4. The predicted molar refractivity (Wildman–Crippen MR) is 148 cm³/mol. The lowest BCUT2D eigenvalue weighted by Crippen LogP contribution is -2.57. The second kappa shape index (κ2) is 10.3. The van der Waals surface area contributed by atoms with Gasteiger partial charge in [-0.2, -0.15) is 0 Å². The first kappa shape index (κ1) is 27.5. The molecule has 41 heavy (non-hydrogen) atoms. The summed E-state index contributed by atoms with van der Waals surface area (Å²) in [6.45, 7) is 2.81. The van der Waals surface area contributed by atoms with E-state index in [2.05, 4.69) is 20.6 Å². The number of carbonyl (C=O) groups is 2. The number of aromatic nitrogens is 2. The third-order valence-electron chi connectivity index (χ3n) is 8.08. The molecular weight excluding hydrogens is 557 g/mol. The molecule has 214 valence electrons. The molecule has 6 rings (SSSR count). The summed E-state index contributed by atoms with van der Waals surface area (Å²) in [6.07, 6.45) is 0.603. The van der Waals surface area contributed by atoms with Crippen LogP contribution in [0.25, 0.3) is 0 Å². The Hall–Kier alpha value is -3.70. The fourth-order valence-electron chi connectivity index (χ4n) is 5.61. The van der Waals surface area contributed by atoms with Gasteiger partial charge < -0.3 is 20.4 Å². The number of amides is 2. The minimum Gasteiger partial charge on any atom is -0.348 e. The van der Waals surface area contributed by atoms with Gasteiger partial charge in [0.2, 0.25) is 11.9 Å². The van der Waals surface area contributed by atoms with Crippen LogP contribution in [-0.4, -0.2) is 65.6 Å². The van der Waals surface area contributed by atoms with Crippen molar-refractivity contribution in [2.45, 2.75) is 37.5 Å². The summed E-state index contributed by atoms with van der Waals surface area (Å²) in [4.78, 5) is 38.0. The van der Waals surface area contributed by atoms with E-state index in [0.29, 0.717) is 36.6 Å². The van der Waals surface area contributed by atoms with Crippen molar-refractivity contribution in [1.82, 2.24) is 20.2 Å². The van der Waals surface area contributed by atoms with Crippen LogP contribution in [0.2, 0.25) is 5.02 Å². The highest BCUT2D eigenvalue weighted by atomic mass is 35.5. The van der Waals surface area contributed by atoms with Crippen LogP contribution in [0.3, 0.4) is 0 Å². The summed E-state index contributed by atoms with van der Waals surface area (Å²) >= 11 is 6.16. The van der Waals surface area contributed by atoms with Crippen LogP contribution in [0.15, 0.2) is 42.6 Å². The van der Waals surface area contributed by atoms with E-state index < -0.39 is 35.0 Å². The Bertz CT molecular complexity index is 1550. The maximum absolute atomic E-state index is 15.5. The van der Waals surface area contributed by atoms with Crippen LogP contribution in [0.5, 0.6) is 0 Å². The molecule has 2 amide bonds.